The second-order valence-electron chi connectivity index (χ2n) is 6.40. The van der Waals surface area contributed by atoms with E-state index in [9.17, 15) is 15.0 Å². The van der Waals surface area contributed by atoms with Crippen LogP contribution in [0, 0.1) is 0 Å². The monoisotopic (exact) mass is 411 g/mol. The lowest BCUT2D eigenvalue weighted by Crippen LogP contribution is -2.49. The number of carbonyl (C=O) groups excluding carboxylic acids is 1. The van der Waals surface area contributed by atoms with E-state index in [1.165, 1.54) is 14.0 Å². The van der Waals surface area contributed by atoms with Crippen molar-refractivity contribution < 1.29 is 19.7 Å². The van der Waals surface area contributed by atoms with Gasteiger partial charge >= 0.3 is 0 Å². The SMILES string of the molecule is COCC(=O)N[C@H](Cc1ccc(-c2cc(Cl)cc(Cl)c2)cc1)[C@@H](O)[C@H](C)O. The molecule has 0 fully saturated rings. The molecule has 2 rings (SSSR count). The Labute approximate surface area is 168 Å². The molecule has 7 heteroatoms. The molecule has 2 aromatic rings. The van der Waals surface area contributed by atoms with Crippen LogP contribution in [0.15, 0.2) is 42.5 Å². The number of methoxy groups -OCH3 is 1. The third-order valence-corrected chi connectivity index (χ3v) is 4.57. The smallest absolute Gasteiger partial charge is 0.246 e. The molecule has 0 aliphatic heterocycles. The molecule has 3 atom stereocenters. The molecule has 0 unspecified atom stereocenters. The molecule has 3 N–H and O–H groups in total. The Kier molecular flexibility index (Phi) is 8.07. The van der Waals surface area contributed by atoms with Crippen LogP contribution in [-0.4, -0.2) is 48.1 Å². The van der Waals surface area contributed by atoms with E-state index in [-0.39, 0.29) is 12.5 Å². The summed E-state index contributed by atoms with van der Waals surface area (Å²) in [6.07, 6.45) is -1.72. The molecule has 27 heavy (non-hydrogen) atoms. The first-order chi connectivity index (χ1) is 12.8. The molecular weight excluding hydrogens is 389 g/mol. The second-order valence-corrected chi connectivity index (χ2v) is 7.27. The molecule has 0 radical (unpaired) electrons. The summed E-state index contributed by atoms with van der Waals surface area (Å²) in [6, 6.07) is 12.3. The predicted molar refractivity (Wildman–Crippen MR) is 107 cm³/mol. The average molecular weight is 412 g/mol. The highest BCUT2D eigenvalue weighted by Crippen LogP contribution is 2.27. The van der Waals surface area contributed by atoms with Gasteiger partial charge in [0.1, 0.15) is 12.7 Å². The van der Waals surface area contributed by atoms with Crippen LogP contribution in [0.1, 0.15) is 12.5 Å². The fourth-order valence-electron chi connectivity index (χ4n) is 2.78. The van der Waals surface area contributed by atoms with E-state index in [1.807, 2.05) is 36.4 Å². The first kappa shape index (κ1) is 21.7. The molecular formula is C20H23Cl2NO4. The Hall–Kier alpha value is -1.63. The number of rotatable bonds is 8. The topological polar surface area (TPSA) is 78.8 Å². The largest absolute Gasteiger partial charge is 0.391 e. The number of carbonyl (C=O) groups is 1. The molecule has 0 bridgehead atoms. The Bertz CT molecular complexity index is 745. The van der Waals surface area contributed by atoms with E-state index in [2.05, 4.69) is 5.32 Å². The van der Waals surface area contributed by atoms with Gasteiger partial charge < -0.3 is 20.3 Å². The Morgan fingerprint density at radius 2 is 1.67 bits per heavy atom. The van der Waals surface area contributed by atoms with Gasteiger partial charge in [0.05, 0.1) is 12.1 Å². The molecule has 0 heterocycles. The van der Waals surface area contributed by atoms with Crippen LogP contribution in [0.4, 0.5) is 0 Å². The highest BCUT2D eigenvalue weighted by Gasteiger charge is 2.25. The zero-order valence-electron chi connectivity index (χ0n) is 15.2. The Morgan fingerprint density at radius 3 is 2.19 bits per heavy atom. The van der Waals surface area contributed by atoms with Gasteiger partial charge in [0.15, 0.2) is 0 Å². The minimum absolute atomic E-state index is 0.114. The van der Waals surface area contributed by atoms with Crippen molar-refractivity contribution in [3.05, 3.63) is 58.1 Å². The number of hydrogen-bond acceptors (Lipinski definition) is 4. The van der Waals surface area contributed by atoms with Crippen LogP contribution in [0.3, 0.4) is 0 Å². The summed E-state index contributed by atoms with van der Waals surface area (Å²) in [5.41, 5.74) is 2.74. The van der Waals surface area contributed by atoms with Gasteiger partial charge in [-0.05, 0) is 48.2 Å². The molecule has 0 spiro atoms. The highest BCUT2D eigenvalue weighted by molar-refractivity contribution is 6.35. The minimum atomic E-state index is -1.10. The van der Waals surface area contributed by atoms with Crippen molar-refractivity contribution in [2.45, 2.75) is 31.6 Å². The number of halogens is 2. The second kappa shape index (κ2) is 10.1. The third kappa shape index (κ3) is 6.48. The number of aliphatic hydroxyl groups excluding tert-OH is 2. The molecule has 2 aromatic carbocycles. The van der Waals surface area contributed by atoms with E-state index in [4.69, 9.17) is 27.9 Å². The lowest BCUT2D eigenvalue weighted by molar-refractivity contribution is -0.127. The fourth-order valence-corrected chi connectivity index (χ4v) is 3.31. The number of aliphatic hydroxyl groups is 2. The molecule has 0 aliphatic carbocycles. The van der Waals surface area contributed by atoms with Crippen LogP contribution in [0.2, 0.25) is 10.0 Å². The van der Waals surface area contributed by atoms with Gasteiger partial charge in [0.25, 0.3) is 0 Å². The molecule has 1 amide bonds. The van der Waals surface area contributed by atoms with Gasteiger partial charge in [-0.1, -0.05) is 47.5 Å². The summed E-state index contributed by atoms with van der Waals surface area (Å²) < 4.78 is 4.80. The normalized spacial score (nSPS) is 14.4. The zero-order valence-corrected chi connectivity index (χ0v) is 16.7. The van der Waals surface area contributed by atoms with Crippen molar-refractivity contribution in [2.24, 2.45) is 0 Å². The summed E-state index contributed by atoms with van der Waals surface area (Å²) in [5.74, 6) is -0.354. The maximum Gasteiger partial charge on any atom is 0.246 e. The lowest BCUT2D eigenvalue weighted by atomic mass is 9.96. The van der Waals surface area contributed by atoms with Gasteiger partial charge in [0.2, 0.25) is 5.91 Å². The van der Waals surface area contributed by atoms with Gasteiger partial charge in [-0.15, -0.1) is 0 Å². The van der Waals surface area contributed by atoms with Gasteiger partial charge in [0, 0.05) is 17.2 Å². The first-order valence-corrected chi connectivity index (χ1v) is 9.25. The van der Waals surface area contributed by atoms with Crippen LogP contribution in [0.5, 0.6) is 0 Å². The van der Waals surface area contributed by atoms with Crippen molar-refractivity contribution >= 4 is 29.1 Å². The van der Waals surface area contributed by atoms with Gasteiger partial charge in [-0.3, -0.25) is 4.79 Å². The average Bonchev–Trinajstić information content (AvgIpc) is 2.60. The summed E-state index contributed by atoms with van der Waals surface area (Å²) in [7, 11) is 1.42. The minimum Gasteiger partial charge on any atom is -0.391 e. The maximum absolute atomic E-state index is 11.8. The predicted octanol–water partition coefficient (Wildman–Crippen LogP) is 3.08. The van der Waals surface area contributed by atoms with Crippen molar-refractivity contribution in [3.8, 4) is 11.1 Å². The molecule has 0 saturated heterocycles. The first-order valence-electron chi connectivity index (χ1n) is 8.50. The standard InChI is InChI=1S/C20H23Cl2NO4/c1-12(24)20(26)18(23-19(25)11-27-2)7-13-3-5-14(6-4-13)15-8-16(21)10-17(22)9-15/h3-6,8-10,12,18,20,24,26H,7,11H2,1-2H3,(H,23,25)/t12-,18+,20-/m0/s1. The van der Waals surface area contributed by atoms with Crippen LogP contribution in [-0.2, 0) is 16.0 Å². The van der Waals surface area contributed by atoms with Crippen molar-refractivity contribution in [1.82, 2.24) is 5.32 Å². The fraction of sp³-hybridized carbons (Fsp3) is 0.350. The van der Waals surface area contributed by atoms with Crippen molar-refractivity contribution in [1.29, 1.82) is 0 Å². The van der Waals surface area contributed by atoms with E-state index >= 15 is 0 Å². The zero-order chi connectivity index (χ0) is 20.0. The maximum atomic E-state index is 11.8. The van der Waals surface area contributed by atoms with E-state index in [0.29, 0.717) is 16.5 Å². The molecule has 5 nitrogen and oxygen atoms in total. The van der Waals surface area contributed by atoms with Crippen molar-refractivity contribution in [2.75, 3.05) is 13.7 Å². The summed E-state index contributed by atoms with van der Waals surface area (Å²) in [5, 5.41) is 23.7. The van der Waals surface area contributed by atoms with Gasteiger partial charge in [-0.2, -0.15) is 0 Å². The van der Waals surface area contributed by atoms with Crippen LogP contribution < -0.4 is 5.32 Å². The quantitative estimate of drug-likeness (QED) is 0.623. The molecule has 0 aromatic heterocycles. The molecule has 146 valence electrons. The molecule has 0 saturated carbocycles. The van der Waals surface area contributed by atoms with Crippen LogP contribution in [0.25, 0.3) is 11.1 Å². The number of nitrogens with one attached hydrogen (secondary N) is 1. The summed E-state index contributed by atoms with van der Waals surface area (Å²) in [6.45, 7) is 1.36. The Balaban J connectivity index is 2.16. The lowest BCUT2D eigenvalue weighted by Gasteiger charge is -2.26. The summed E-state index contributed by atoms with van der Waals surface area (Å²) >= 11 is 12.1. The van der Waals surface area contributed by atoms with E-state index < -0.39 is 18.2 Å². The summed E-state index contributed by atoms with van der Waals surface area (Å²) in [4.78, 5) is 11.8. The number of hydrogen-bond donors (Lipinski definition) is 3. The number of amides is 1. The third-order valence-electron chi connectivity index (χ3n) is 4.13. The van der Waals surface area contributed by atoms with Crippen molar-refractivity contribution in [3.63, 3.8) is 0 Å². The van der Waals surface area contributed by atoms with Gasteiger partial charge in [-0.25, -0.2) is 0 Å². The molecule has 0 aliphatic rings. The van der Waals surface area contributed by atoms with E-state index in [0.717, 1.165) is 16.7 Å². The van der Waals surface area contributed by atoms with Crippen LogP contribution >= 0.6 is 23.2 Å². The highest BCUT2D eigenvalue weighted by atomic mass is 35.5. The Morgan fingerprint density at radius 1 is 1.07 bits per heavy atom. The number of ether oxygens (including phenoxy) is 1. The number of benzene rings is 2. The van der Waals surface area contributed by atoms with E-state index in [1.54, 1.807) is 6.07 Å².